The van der Waals surface area contributed by atoms with Gasteiger partial charge < -0.3 is 15.8 Å². The van der Waals surface area contributed by atoms with E-state index in [9.17, 15) is 23.7 Å². The summed E-state index contributed by atoms with van der Waals surface area (Å²) in [5.41, 5.74) is 4.86. The molecule has 0 atom stereocenters. The van der Waals surface area contributed by atoms with Crippen molar-refractivity contribution in [3.63, 3.8) is 0 Å². The van der Waals surface area contributed by atoms with Gasteiger partial charge in [0, 0.05) is 12.6 Å². The molecule has 0 saturated carbocycles. The van der Waals surface area contributed by atoms with Gasteiger partial charge in [-0.05, 0) is 6.07 Å². The second kappa shape index (κ2) is 7.34. The lowest BCUT2D eigenvalue weighted by molar-refractivity contribution is -0.383. The van der Waals surface area contributed by atoms with Crippen LogP contribution in [0.25, 0.3) is 0 Å². The molecule has 20 heavy (non-hydrogen) atoms. The van der Waals surface area contributed by atoms with E-state index in [1.165, 1.54) is 18.2 Å². The van der Waals surface area contributed by atoms with Gasteiger partial charge in [0.05, 0.1) is 17.1 Å². The molecule has 0 bridgehead atoms. The van der Waals surface area contributed by atoms with E-state index < -0.39 is 23.9 Å². The van der Waals surface area contributed by atoms with Crippen LogP contribution in [0.15, 0.2) is 18.2 Å². The number of anilines is 1. The van der Waals surface area contributed by atoms with Crippen molar-refractivity contribution < 1.29 is 23.2 Å². The van der Waals surface area contributed by atoms with Crippen LogP contribution in [0.4, 0.5) is 20.2 Å². The summed E-state index contributed by atoms with van der Waals surface area (Å²) >= 11 is 0. The van der Waals surface area contributed by atoms with Crippen LogP contribution in [0.2, 0.25) is 0 Å². The number of nitro groups is 1. The number of nitrogen functional groups attached to an aromatic ring is 1. The number of rotatable bonds is 7. The van der Waals surface area contributed by atoms with E-state index >= 15 is 0 Å². The molecular weight excluding hydrogens is 276 g/mol. The third-order valence-corrected chi connectivity index (χ3v) is 2.30. The van der Waals surface area contributed by atoms with Crippen LogP contribution in [0.5, 0.6) is 0 Å². The molecular formula is C11H13F2N3O4. The minimum absolute atomic E-state index is 0.00626. The van der Waals surface area contributed by atoms with Crippen molar-refractivity contribution in [1.82, 2.24) is 5.32 Å². The van der Waals surface area contributed by atoms with Gasteiger partial charge in [-0.25, -0.2) is 8.78 Å². The lowest BCUT2D eigenvalue weighted by atomic mass is 10.1. The first kappa shape index (κ1) is 15.8. The number of ether oxygens (including phenoxy) is 1. The average molecular weight is 289 g/mol. The van der Waals surface area contributed by atoms with Gasteiger partial charge in [-0.1, -0.05) is 6.07 Å². The van der Waals surface area contributed by atoms with Crippen LogP contribution in [0.3, 0.4) is 0 Å². The number of halogens is 2. The molecule has 0 heterocycles. The standard InChI is InChI=1S/C11H13F2N3O4/c12-9(13)6-20-5-4-15-11(17)7-2-1-3-8(10(7)14)16(18)19/h1-3,9H,4-6,14H2,(H,15,17). The number of nitro benzene ring substituents is 1. The number of nitrogens with zero attached hydrogens (tertiary/aromatic N) is 1. The maximum Gasteiger partial charge on any atom is 0.292 e. The molecule has 0 spiro atoms. The molecule has 1 aromatic rings. The molecule has 0 aliphatic heterocycles. The summed E-state index contributed by atoms with van der Waals surface area (Å²) in [5, 5.41) is 13.0. The highest BCUT2D eigenvalue weighted by Crippen LogP contribution is 2.24. The van der Waals surface area contributed by atoms with Gasteiger partial charge in [-0.15, -0.1) is 0 Å². The molecule has 0 aliphatic carbocycles. The highest BCUT2D eigenvalue weighted by molar-refractivity contribution is 6.00. The van der Waals surface area contributed by atoms with Gasteiger partial charge in [-0.2, -0.15) is 0 Å². The van der Waals surface area contributed by atoms with Crippen LogP contribution in [0.1, 0.15) is 10.4 Å². The molecule has 1 amide bonds. The number of nitrogens with two attached hydrogens (primary N) is 1. The second-order valence-electron chi connectivity index (χ2n) is 3.72. The smallest absolute Gasteiger partial charge is 0.292 e. The summed E-state index contributed by atoms with van der Waals surface area (Å²) in [6.45, 7) is -0.812. The highest BCUT2D eigenvalue weighted by Gasteiger charge is 2.18. The van der Waals surface area contributed by atoms with Gasteiger partial charge in [0.1, 0.15) is 12.3 Å². The zero-order valence-electron chi connectivity index (χ0n) is 10.3. The maximum atomic E-state index is 11.8. The van der Waals surface area contributed by atoms with E-state index in [4.69, 9.17) is 5.73 Å². The second-order valence-corrected chi connectivity index (χ2v) is 3.72. The fourth-order valence-corrected chi connectivity index (χ4v) is 1.41. The van der Waals surface area contributed by atoms with Crippen LogP contribution < -0.4 is 11.1 Å². The Kier molecular flexibility index (Phi) is 5.78. The zero-order valence-corrected chi connectivity index (χ0v) is 10.3. The van der Waals surface area contributed by atoms with Crippen molar-refractivity contribution in [2.75, 3.05) is 25.5 Å². The third-order valence-electron chi connectivity index (χ3n) is 2.30. The number of hydrogen-bond acceptors (Lipinski definition) is 5. The van der Waals surface area contributed by atoms with Gasteiger partial charge >= 0.3 is 0 Å². The molecule has 0 saturated heterocycles. The summed E-state index contributed by atoms with van der Waals surface area (Å²) in [7, 11) is 0. The molecule has 0 fully saturated rings. The Morgan fingerprint density at radius 1 is 1.50 bits per heavy atom. The number of nitrogens with one attached hydrogen (secondary N) is 1. The normalized spacial score (nSPS) is 10.6. The SMILES string of the molecule is Nc1c(C(=O)NCCOCC(F)F)cccc1[N+](=O)[O-]. The van der Waals surface area contributed by atoms with Gasteiger partial charge in [0.2, 0.25) is 0 Å². The highest BCUT2D eigenvalue weighted by atomic mass is 19.3. The molecule has 0 unspecified atom stereocenters. The first-order valence-corrected chi connectivity index (χ1v) is 5.60. The Bertz CT molecular complexity index is 497. The lowest BCUT2D eigenvalue weighted by Crippen LogP contribution is -2.28. The predicted octanol–water partition coefficient (Wildman–Crippen LogP) is 1.19. The van der Waals surface area contributed by atoms with E-state index in [2.05, 4.69) is 10.1 Å². The molecule has 1 rings (SSSR count). The van der Waals surface area contributed by atoms with Gasteiger partial charge in [-0.3, -0.25) is 14.9 Å². The minimum atomic E-state index is -2.57. The molecule has 0 aromatic heterocycles. The lowest BCUT2D eigenvalue weighted by Gasteiger charge is -2.08. The van der Waals surface area contributed by atoms with E-state index in [-0.39, 0.29) is 30.1 Å². The Labute approximate surface area is 112 Å². The molecule has 9 heteroatoms. The predicted molar refractivity (Wildman–Crippen MR) is 66.7 cm³/mol. The summed E-state index contributed by atoms with van der Waals surface area (Å²) in [6.07, 6.45) is -2.57. The Balaban J connectivity index is 2.56. The van der Waals surface area contributed by atoms with Crippen LogP contribution in [-0.4, -0.2) is 37.0 Å². The number of hydrogen-bond donors (Lipinski definition) is 2. The van der Waals surface area contributed by atoms with E-state index in [0.29, 0.717) is 0 Å². The van der Waals surface area contributed by atoms with E-state index in [0.717, 1.165) is 0 Å². The molecule has 0 aliphatic rings. The molecule has 1 aromatic carbocycles. The fraction of sp³-hybridized carbons (Fsp3) is 0.364. The topological polar surface area (TPSA) is 107 Å². The number of carbonyl (C=O) groups is 1. The van der Waals surface area contributed by atoms with Gasteiger partial charge in [0.15, 0.2) is 0 Å². The number of para-hydroxylation sites is 1. The van der Waals surface area contributed by atoms with Crippen molar-refractivity contribution in [2.45, 2.75) is 6.43 Å². The summed E-state index contributed by atoms with van der Waals surface area (Å²) in [6, 6.07) is 3.84. The van der Waals surface area contributed by atoms with Gasteiger partial charge in [0.25, 0.3) is 18.0 Å². The van der Waals surface area contributed by atoms with E-state index in [1.807, 2.05) is 0 Å². The quantitative estimate of drug-likeness (QED) is 0.339. The molecule has 0 radical (unpaired) electrons. The van der Waals surface area contributed by atoms with Crippen LogP contribution >= 0.6 is 0 Å². The zero-order chi connectivity index (χ0) is 15.1. The Morgan fingerprint density at radius 3 is 2.80 bits per heavy atom. The summed E-state index contributed by atoms with van der Waals surface area (Å²) in [4.78, 5) is 21.7. The van der Waals surface area contributed by atoms with Crippen molar-refractivity contribution in [3.05, 3.63) is 33.9 Å². The largest absolute Gasteiger partial charge is 0.393 e. The number of amides is 1. The summed E-state index contributed by atoms with van der Waals surface area (Å²) < 4.78 is 28.1. The minimum Gasteiger partial charge on any atom is -0.393 e. The monoisotopic (exact) mass is 289 g/mol. The Hall–Kier alpha value is -2.29. The number of alkyl halides is 2. The first-order valence-electron chi connectivity index (χ1n) is 5.60. The Morgan fingerprint density at radius 2 is 2.20 bits per heavy atom. The third kappa shape index (κ3) is 4.43. The summed E-state index contributed by atoms with van der Waals surface area (Å²) in [5.74, 6) is -0.633. The first-order chi connectivity index (χ1) is 9.43. The van der Waals surface area contributed by atoms with Crippen LogP contribution in [0, 0.1) is 10.1 Å². The van der Waals surface area contributed by atoms with Crippen molar-refractivity contribution in [2.24, 2.45) is 0 Å². The maximum absolute atomic E-state index is 11.8. The molecule has 7 nitrogen and oxygen atoms in total. The van der Waals surface area contributed by atoms with Crippen molar-refractivity contribution in [3.8, 4) is 0 Å². The number of carbonyl (C=O) groups excluding carboxylic acids is 1. The fourth-order valence-electron chi connectivity index (χ4n) is 1.41. The van der Waals surface area contributed by atoms with E-state index in [1.54, 1.807) is 0 Å². The molecule has 3 N–H and O–H groups in total. The molecule has 110 valence electrons. The average Bonchev–Trinajstić information content (AvgIpc) is 2.37. The number of benzene rings is 1. The van der Waals surface area contributed by atoms with Crippen LogP contribution in [-0.2, 0) is 4.74 Å². The van der Waals surface area contributed by atoms with Crippen molar-refractivity contribution >= 4 is 17.3 Å². The van der Waals surface area contributed by atoms with Crippen molar-refractivity contribution in [1.29, 1.82) is 0 Å².